The summed E-state index contributed by atoms with van der Waals surface area (Å²) in [5, 5.41) is 7.53. The zero-order chi connectivity index (χ0) is 16.8. The van der Waals surface area contributed by atoms with Crippen molar-refractivity contribution < 1.29 is 4.74 Å². The Labute approximate surface area is 151 Å². The topological polar surface area (TPSA) is 62.3 Å². The summed E-state index contributed by atoms with van der Waals surface area (Å²) in [6.07, 6.45) is 1.70. The van der Waals surface area contributed by atoms with Gasteiger partial charge in [-0.15, -0.1) is 0 Å². The molecule has 1 aromatic heterocycles. The highest BCUT2D eigenvalue weighted by Crippen LogP contribution is 2.27. The minimum Gasteiger partial charge on any atom is -0.379 e. The van der Waals surface area contributed by atoms with E-state index in [1.165, 1.54) is 0 Å². The SMILES string of the molecule is Clc1ccc(Nc2nccc(NCCN3CCOCC3)n2)c(Cl)c1. The van der Waals surface area contributed by atoms with Crippen molar-refractivity contribution in [3.05, 3.63) is 40.5 Å². The third-order valence-corrected chi connectivity index (χ3v) is 4.22. The van der Waals surface area contributed by atoms with Gasteiger partial charge in [0.05, 0.1) is 23.9 Å². The Bertz CT molecular complexity index is 679. The molecule has 0 radical (unpaired) electrons. The van der Waals surface area contributed by atoms with Gasteiger partial charge in [-0.3, -0.25) is 4.90 Å². The van der Waals surface area contributed by atoms with Gasteiger partial charge in [0.25, 0.3) is 0 Å². The third-order valence-electron chi connectivity index (χ3n) is 3.67. The molecule has 0 aliphatic carbocycles. The fraction of sp³-hybridized carbons (Fsp3) is 0.375. The number of nitrogens with zero attached hydrogens (tertiary/aromatic N) is 3. The van der Waals surface area contributed by atoms with Crippen molar-refractivity contribution in [2.24, 2.45) is 0 Å². The van der Waals surface area contributed by atoms with E-state index in [9.17, 15) is 0 Å². The van der Waals surface area contributed by atoms with Gasteiger partial charge in [-0.05, 0) is 24.3 Å². The molecule has 0 amide bonds. The number of halogens is 2. The van der Waals surface area contributed by atoms with Gasteiger partial charge in [0.15, 0.2) is 0 Å². The van der Waals surface area contributed by atoms with Crippen molar-refractivity contribution in [1.29, 1.82) is 0 Å². The van der Waals surface area contributed by atoms with Crippen LogP contribution in [-0.4, -0.2) is 54.3 Å². The van der Waals surface area contributed by atoms with Crippen molar-refractivity contribution in [2.45, 2.75) is 0 Å². The second kappa shape index (κ2) is 8.48. The van der Waals surface area contributed by atoms with E-state index in [4.69, 9.17) is 27.9 Å². The zero-order valence-electron chi connectivity index (χ0n) is 13.1. The molecule has 1 saturated heterocycles. The Kier molecular flexibility index (Phi) is 6.09. The van der Waals surface area contributed by atoms with Crippen molar-refractivity contribution in [2.75, 3.05) is 50.0 Å². The van der Waals surface area contributed by atoms with Crippen LogP contribution in [0.1, 0.15) is 0 Å². The zero-order valence-corrected chi connectivity index (χ0v) is 14.6. The summed E-state index contributed by atoms with van der Waals surface area (Å²) < 4.78 is 5.34. The first-order valence-corrected chi connectivity index (χ1v) is 8.55. The molecule has 6 nitrogen and oxygen atoms in total. The maximum atomic E-state index is 6.15. The van der Waals surface area contributed by atoms with Gasteiger partial charge < -0.3 is 15.4 Å². The summed E-state index contributed by atoms with van der Waals surface area (Å²) in [7, 11) is 0. The average Bonchev–Trinajstić information content (AvgIpc) is 2.59. The molecule has 0 bridgehead atoms. The molecule has 0 saturated carbocycles. The van der Waals surface area contributed by atoms with Gasteiger partial charge in [-0.1, -0.05) is 23.2 Å². The Morgan fingerprint density at radius 2 is 2.00 bits per heavy atom. The van der Waals surface area contributed by atoms with Crippen LogP contribution in [0.3, 0.4) is 0 Å². The summed E-state index contributed by atoms with van der Waals surface area (Å²) in [5.41, 5.74) is 0.714. The van der Waals surface area contributed by atoms with Crippen molar-refractivity contribution in [3.8, 4) is 0 Å². The maximum Gasteiger partial charge on any atom is 0.229 e. The van der Waals surface area contributed by atoms with Crippen LogP contribution in [0.15, 0.2) is 30.5 Å². The summed E-state index contributed by atoms with van der Waals surface area (Å²) >= 11 is 12.1. The van der Waals surface area contributed by atoms with Crippen molar-refractivity contribution >= 4 is 40.7 Å². The van der Waals surface area contributed by atoms with Gasteiger partial charge in [-0.2, -0.15) is 4.98 Å². The quantitative estimate of drug-likeness (QED) is 0.816. The Hall–Kier alpha value is -1.60. The minimum absolute atomic E-state index is 0.482. The summed E-state index contributed by atoms with van der Waals surface area (Å²) in [4.78, 5) is 11.0. The number of rotatable bonds is 6. The largest absolute Gasteiger partial charge is 0.379 e. The Balaban J connectivity index is 1.55. The second-order valence-electron chi connectivity index (χ2n) is 5.40. The van der Waals surface area contributed by atoms with Gasteiger partial charge in [0.1, 0.15) is 5.82 Å². The predicted octanol–water partition coefficient (Wildman–Crippen LogP) is 3.27. The summed E-state index contributed by atoms with van der Waals surface area (Å²) in [6, 6.07) is 7.08. The second-order valence-corrected chi connectivity index (χ2v) is 6.24. The van der Waals surface area contributed by atoms with Gasteiger partial charge >= 0.3 is 0 Å². The highest BCUT2D eigenvalue weighted by Gasteiger charge is 2.09. The van der Waals surface area contributed by atoms with Crippen LogP contribution in [0.25, 0.3) is 0 Å². The van der Waals surface area contributed by atoms with Crippen LogP contribution in [0.5, 0.6) is 0 Å². The van der Waals surface area contributed by atoms with Gasteiger partial charge in [0.2, 0.25) is 5.95 Å². The van der Waals surface area contributed by atoms with Crippen LogP contribution in [0.2, 0.25) is 10.0 Å². The molecule has 8 heteroatoms. The smallest absolute Gasteiger partial charge is 0.229 e. The molecule has 1 fully saturated rings. The van der Waals surface area contributed by atoms with Crippen LogP contribution in [0.4, 0.5) is 17.5 Å². The van der Waals surface area contributed by atoms with Crippen molar-refractivity contribution in [3.63, 3.8) is 0 Å². The van der Waals surface area contributed by atoms with E-state index < -0.39 is 0 Å². The van der Waals surface area contributed by atoms with Crippen LogP contribution < -0.4 is 10.6 Å². The lowest BCUT2D eigenvalue weighted by molar-refractivity contribution is 0.0398. The highest BCUT2D eigenvalue weighted by molar-refractivity contribution is 6.36. The van der Waals surface area contributed by atoms with Crippen LogP contribution >= 0.6 is 23.2 Å². The number of hydrogen-bond acceptors (Lipinski definition) is 6. The fourth-order valence-corrected chi connectivity index (χ4v) is 2.85. The first kappa shape index (κ1) is 17.2. The van der Waals surface area contributed by atoms with E-state index in [-0.39, 0.29) is 0 Å². The lowest BCUT2D eigenvalue weighted by Gasteiger charge is -2.26. The lowest BCUT2D eigenvalue weighted by atomic mass is 10.3. The molecule has 128 valence electrons. The van der Waals surface area contributed by atoms with Crippen LogP contribution in [0, 0.1) is 0 Å². The molecule has 2 N–H and O–H groups in total. The van der Waals surface area contributed by atoms with E-state index in [2.05, 4.69) is 25.5 Å². The standard InChI is InChI=1S/C16H19Cl2N5O/c17-12-1-2-14(13(18)11-12)21-16-20-4-3-15(22-16)19-5-6-23-7-9-24-10-8-23/h1-4,11H,5-10H2,(H2,19,20,21,22). The summed E-state index contributed by atoms with van der Waals surface area (Å²) in [6.45, 7) is 5.35. The number of ether oxygens (including phenoxy) is 1. The van der Waals surface area contributed by atoms with E-state index in [0.717, 1.165) is 45.2 Å². The van der Waals surface area contributed by atoms with Gasteiger partial charge in [-0.25, -0.2) is 4.98 Å². The number of hydrogen-bond donors (Lipinski definition) is 2. The van der Waals surface area contributed by atoms with E-state index >= 15 is 0 Å². The minimum atomic E-state index is 0.482. The van der Waals surface area contributed by atoms with E-state index in [1.807, 2.05) is 6.07 Å². The monoisotopic (exact) mass is 367 g/mol. The van der Waals surface area contributed by atoms with Gasteiger partial charge in [0, 0.05) is 37.4 Å². The molecular weight excluding hydrogens is 349 g/mol. The maximum absolute atomic E-state index is 6.15. The third kappa shape index (κ3) is 4.95. The Morgan fingerprint density at radius 1 is 1.17 bits per heavy atom. The molecule has 2 heterocycles. The molecule has 2 aromatic rings. The van der Waals surface area contributed by atoms with Crippen molar-refractivity contribution in [1.82, 2.24) is 14.9 Å². The number of morpholine rings is 1. The first-order chi connectivity index (χ1) is 11.7. The van der Waals surface area contributed by atoms with E-state index in [0.29, 0.717) is 21.7 Å². The lowest BCUT2D eigenvalue weighted by Crippen LogP contribution is -2.39. The molecular formula is C16H19Cl2N5O. The molecule has 1 aromatic carbocycles. The predicted molar refractivity (Wildman–Crippen MR) is 97.5 cm³/mol. The average molecular weight is 368 g/mol. The number of benzene rings is 1. The molecule has 24 heavy (non-hydrogen) atoms. The fourth-order valence-electron chi connectivity index (χ4n) is 2.40. The summed E-state index contributed by atoms with van der Waals surface area (Å²) in [5.74, 6) is 1.25. The Morgan fingerprint density at radius 3 is 2.79 bits per heavy atom. The highest BCUT2D eigenvalue weighted by atomic mass is 35.5. The number of anilines is 3. The molecule has 3 rings (SSSR count). The molecule has 0 spiro atoms. The molecule has 0 unspecified atom stereocenters. The number of aromatic nitrogens is 2. The molecule has 0 atom stereocenters. The number of nitrogens with one attached hydrogen (secondary N) is 2. The normalized spacial score (nSPS) is 15.2. The molecule has 1 aliphatic rings. The first-order valence-electron chi connectivity index (χ1n) is 7.80. The van der Waals surface area contributed by atoms with E-state index in [1.54, 1.807) is 24.4 Å². The van der Waals surface area contributed by atoms with Crippen LogP contribution in [-0.2, 0) is 4.74 Å². The molecule has 1 aliphatic heterocycles.